The number of rotatable bonds is 8. The molecule has 11 heteroatoms. The second-order valence-corrected chi connectivity index (χ2v) is 9.87. The zero-order valence-electron chi connectivity index (χ0n) is 22.7. The van der Waals surface area contributed by atoms with Crippen LogP contribution in [0.2, 0.25) is 0 Å². The van der Waals surface area contributed by atoms with Gasteiger partial charge in [0, 0.05) is 51.3 Å². The molecule has 2 N–H and O–H groups in total. The lowest BCUT2D eigenvalue weighted by atomic mass is 9.94. The number of halogens is 1. The minimum atomic E-state index is -0.383. The summed E-state index contributed by atoms with van der Waals surface area (Å²) in [5.41, 5.74) is 3.25. The van der Waals surface area contributed by atoms with Crippen LogP contribution in [0.5, 0.6) is 0 Å². The van der Waals surface area contributed by atoms with E-state index in [0.717, 1.165) is 17.8 Å². The van der Waals surface area contributed by atoms with E-state index in [9.17, 15) is 14.0 Å². The summed E-state index contributed by atoms with van der Waals surface area (Å²) in [6, 6.07) is 18.4. The molecule has 0 spiro atoms. The fourth-order valence-electron chi connectivity index (χ4n) is 5.06. The number of para-hydroxylation sites is 1. The Balaban J connectivity index is 1.43. The average Bonchev–Trinajstić information content (AvgIpc) is 3.50. The molecule has 2 aromatic carbocycles. The van der Waals surface area contributed by atoms with Crippen molar-refractivity contribution in [1.29, 1.82) is 0 Å². The van der Waals surface area contributed by atoms with Gasteiger partial charge in [-0.3, -0.25) is 15.0 Å². The number of aryl methyl sites for hydroxylation is 1. The summed E-state index contributed by atoms with van der Waals surface area (Å²) in [5, 5.41) is 15.3. The lowest BCUT2D eigenvalue weighted by molar-refractivity contribution is 0.159. The van der Waals surface area contributed by atoms with Crippen LogP contribution in [0.4, 0.5) is 15.0 Å². The van der Waals surface area contributed by atoms with Crippen molar-refractivity contribution < 1.29 is 13.9 Å². The molecule has 1 fully saturated rings. The Kier molecular flexibility index (Phi) is 8.04. The predicted molar refractivity (Wildman–Crippen MR) is 150 cm³/mol. The van der Waals surface area contributed by atoms with Gasteiger partial charge in [-0.05, 0) is 42.8 Å². The second kappa shape index (κ2) is 11.8. The summed E-state index contributed by atoms with van der Waals surface area (Å²) in [5.74, 6) is 0.171. The van der Waals surface area contributed by atoms with Crippen molar-refractivity contribution in [3.8, 4) is 17.1 Å². The van der Waals surface area contributed by atoms with E-state index in [1.165, 1.54) is 22.9 Å². The molecule has 3 heterocycles. The Labute approximate surface area is 231 Å². The quantitative estimate of drug-likeness (QED) is 0.352. The number of hydrogen-bond donors (Lipinski definition) is 2. The van der Waals surface area contributed by atoms with Crippen molar-refractivity contribution in [2.24, 2.45) is 7.05 Å². The molecule has 0 aliphatic carbocycles. The molecule has 4 aromatic rings. The van der Waals surface area contributed by atoms with E-state index in [4.69, 9.17) is 9.84 Å². The molecule has 40 heavy (non-hydrogen) atoms. The molecule has 1 aliphatic rings. The van der Waals surface area contributed by atoms with Crippen LogP contribution in [-0.2, 0) is 11.8 Å². The molecule has 2 atom stereocenters. The van der Waals surface area contributed by atoms with Gasteiger partial charge < -0.3 is 10.1 Å². The van der Waals surface area contributed by atoms with Crippen LogP contribution >= 0.6 is 0 Å². The molecule has 5 rings (SSSR count). The van der Waals surface area contributed by atoms with Gasteiger partial charge in [0.1, 0.15) is 23.0 Å². The monoisotopic (exact) mass is 545 g/mol. The van der Waals surface area contributed by atoms with Crippen molar-refractivity contribution in [2.45, 2.75) is 18.9 Å². The van der Waals surface area contributed by atoms with Gasteiger partial charge in [-0.25, -0.2) is 18.5 Å². The molecule has 1 aliphatic heterocycles. The number of urea groups is 1. The maximum absolute atomic E-state index is 13.6. The average molecular weight is 546 g/mol. The van der Waals surface area contributed by atoms with Gasteiger partial charge in [0.2, 0.25) is 0 Å². The van der Waals surface area contributed by atoms with Crippen LogP contribution in [-0.4, -0.2) is 69.9 Å². The maximum atomic E-state index is 13.6. The molecule has 2 aromatic heterocycles. The van der Waals surface area contributed by atoms with Gasteiger partial charge in [-0.15, -0.1) is 0 Å². The van der Waals surface area contributed by atoms with Crippen molar-refractivity contribution in [3.63, 3.8) is 0 Å². The van der Waals surface area contributed by atoms with Gasteiger partial charge in [-0.2, -0.15) is 10.2 Å². The standard InChI is InChI=1S/C29H32FN7O3/c1-19-27(24-13-14-26(38)35(2)33-24)34-37(22-7-5-4-6-8-22)28(19)32-29(39)31-25-18-36(15-16-40-3)17-23(25)20-9-11-21(30)12-10-20/h4-14,23,25H,15-18H2,1-3H3,(H2,31,32,39)/t23-,25+/m0/s1. The lowest BCUT2D eigenvalue weighted by Crippen LogP contribution is -2.42. The van der Waals surface area contributed by atoms with E-state index < -0.39 is 0 Å². The highest BCUT2D eigenvalue weighted by atomic mass is 19.1. The van der Waals surface area contributed by atoms with Crippen LogP contribution in [0, 0.1) is 12.7 Å². The highest BCUT2D eigenvalue weighted by Crippen LogP contribution is 2.30. The molecule has 208 valence electrons. The van der Waals surface area contributed by atoms with Crippen molar-refractivity contribution in [2.75, 3.05) is 38.7 Å². The molecule has 1 saturated heterocycles. The van der Waals surface area contributed by atoms with Crippen LogP contribution in [0.25, 0.3) is 17.1 Å². The van der Waals surface area contributed by atoms with Crippen LogP contribution < -0.4 is 16.2 Å². The molecular formula is C29H32FN7O3. The number of nitrogens with one attached hydrogen (secondary N) is 2. The smallest absolute Gasteiger partial charge is 0.320 e. The summed E-state index contributed by atoms with van der Waals surface area (Å²) in [6.45, 7) is 4.50. The zero-order chi connectivity index (χ0) is 28.2. The van der Waals surface area contributed by atoms with Crippen molar-refractivity contribution >= 4 is 11.8 Å². The van der Waals surface area contributed by atoms with E-state index in [1.807, 2.05) is 37.3 Å². The summed E-state index contributed by atoms with van der Waals surface area (Å²) >= 11 is 0. The molecule has 0 saturated carbocycles. The number of carbonyl (C=O) groups excluding carboxylic acids is 1. The minimum Gasteiger partial charge on any atom is -0.383 e. The van der Waals surface area contributed by atoms with Crippen LogP contribution in [0.3, 0.4) is 0 Å². The molecule has 2 amide bonds. The third-order valence-electron chi connectivity index (χ3n) is 7.18. The topological polar surface area (TPSA) is 106 Å². The summed E-state index contributed by atoms with van der Waals surface area (Å²) in [6.07, 6.45) is 0. The Bertz CT molecular complexity index is 1540. The van der Waals surface area contributed by atoms with E-state index >= 15 is 0 Å². The van der Waals surface area contributed by atoms with Crippen molar-refractivity contribution in [1.82, 2.24) is 29.8 Å². The third kappa shape index (κ3) is 5.80. The van der Waals surface area contributed by atoms with Gasteiger partial charge in [0.15, 0.2) is 0 Å². The third-order valence-corrected chi connectivity index (χ3v) is 7.18. The SMILES string of the molecule is COCCN1C[C@@H](NC(=O)Nc2c(C)c(-c3ccc(=O)n(C)n3)nn2-c2ccccc2)[C@H](c2ccc(F)cc2)C1. The highest BCUT2D eigenvalue weighted by molar-refractivity contribution is 5.91. The lowest BCUT2D eigenvalue weighted by Gasteiger charge is -2.21. The van der Waals surface area contributed by atoms with E-state index in [2.05, 4.69) is 20.6 Å². The molecule has 0 unspecified atom stereocenters. The van der Waals surface area contributed by atoms with E-state index in [-0.39, 0.29) is 29.4 Å². The molecule has 0 radical (unpaired) electrons. The largest absolute Gasteiger partial charge is 0.383 e. The van der Waals surface area contributed by atoms with Crippen molar-refractivity contribution in [3.05, 3.63) is 94.0 Å². The number of carbonyl (C=O) groups is 1. The Hall–Kier alpha value is -4.35. The maximum Gasteiger partial charge on any atom is 0.320 e. The zero-order valence-corrected chi connectivity index (χ0v) is 22.7. The first-order chi connectivity index (χ1) is 19.3. The number of likely N-dealkylation sites (tertiary alicyclic amines) is 1. The summed E-state index contributed by atoms with van der Waals surface area (Å²) < 4.78 is 21.8. The first-order valence-electron chi connectivity index (χ1n) is 13.1. The predicted octanol–water partition coefficient (Wildman–Crippen LogP) is 3.32. The number of nitrogens with zero attached hydrogens (tertiary/aromatic N) is 5. The summed E-state index contributed by atoms with van der Waals surface area (Å²) in [7, 11) is 3.24. The van der Waals surface area contributed by atoms with E-state index in [1.54, 1.807) is 37.0 Å². The fourth-order valence-corrected chi connectivity index (χ4v) is 5.06. The molecular weight excluding hydrogens is 513 g/mol. The number of methoxy groups -OCH3 is 1. The van der Waals surface area contributed by atoms with Gasteiger partial charge >= 0.3 is 6.03 Å². The Morgan fingerprint density at radius 3 is 2.50 bits per heavy atom. The van der Waals surface area contributed by atoms with E-state index in [0.29, 0.717) is 42.5 Å². The van der Waals surface area contributed by atoms with Gasteiger partial charge in [0.05, 0.1) is 18.3 Å². The van der Waals surface area contributed by atoms with Crippen LogP contribution in [0.15, 0.2) is 71.5 Å². The normalized spacial score (nSPS) is 17.2. The number of aromatic nitrogens is 4. The highest BCUT2D eigenvalue weighted by Gasteiger charge is 2.35. The number of benzene rings is 2. The second-order valence-electron chi connectivity index (χ2n) is 9.87. The number of amides is 2. The fraction of sp³-hybridized carbons (Fsp3) is 0.310. The first kappa shape index (κ1) is 27.2. The minimum absolute atomic E-state index is 0.0197. The number of hydrogen-bond acceptors (Lipinski definition) is 6. The Morgan fingerprint density at radius 2 is 1.80 bits per heavy atom. The number of anilines is 1. The molecule has 0 bridgehead atoms. The van der Waals surface area contributed by atoms with Gasteiger partial charge in [-0.1, -0.05) is 30.3 Å². The van der Waals surface area contributed by atoms with Crippen LogP contribution in [0.1, 0.15) is 17.0 Å². The number of ether oxygens (including phenoxy) is 1. The summed E-state index contributed by atoms with van der Waals surface area (Å²) in [4.78, 5) is 27.6. The van der Waals surface area contributed by atoms with Gasteiger partial charge in [0.25, 0.3) is 5.56 Å². The molecule has 10 nitrogen and oxygen atoms in total. The first-order valence-corrected chi connectivity index (χ1v) is 13.1. The Morgan fingerprint density at radius 1 is 1.05 bits per heavy atom.